The van der Waals surface area contributed by atoms with Gasteiger partial charge in [-0.2, -0.15) is 0 Å². The summed E-state index contributed by atoms with van der Waals surface area (Å²) in [6, 6.07) is 10.2. The Bertz CT molecular complexity index is 693. The second-order valence-electron chi connectivity index (χ2n) is 6.11. The summed E-state index contributed by atoms with van der Waals surface area (Å²) in [5.74, 6) is 2.50. The van der Waals surface area contributed by atoms with Crippen molar-refractivity contribution >= 4 is 29.9 Å². The zero-order valence-corrected chi connectivity index (χ0v) is 19.2. The molecule has 0 atom stereocenters. The lowest BCUT2D eigenvalue weighted by atomic mass is 10.2. The van der Waals surface area contributed by atoms with Crippen molar-refractivity contribution in [2.45, 2.75) is 26.4 Å². The molecule has 1 aromatic carbocycles. The van der Waals surface area contributed by atoms with E-state index in [9.17, 15) is 0 Å². The first kappa shape index (κ1) is 24.3. The van der Waals surface area contributed by atoms with E-state index >= 15 is 0 Å². The van der Waals surface area contributed by atoms with Crippen LogP contribution in [0.25, 0.3) is 0 Å². The van der Waals surface area contributed by atoms with Crippen molar-refractivity contribution in [3.63, 3.8) is 0 Å². The van der Waals surface area contributed by atoms with Crippen molar-refractivity contribution in [1.29, 1.82) is 0 Å². The molecule has 0 bridgehead atoms. The fraction of sp³-hybridized carbons (Fsp3) is 0.526. The standard InChI is InChI=1S/C19H30N6O2.HI/c1-16-23-24-18(25(16)2)15-22-19(20-10-7-11-27-13-12-26-3)21-14-17-8-5-4-6-9-17;/h4-6,8-9H,7,10-15H2,1-3H3,(H2,20,21,22);1H. The van der Waals surface area contributed by atoms with Gasteiger partial charge in [0.15, 0.2) is 11.8 Å². The number of guanidine groups is 1. The van der Waals surface area contributed by atoms with Gasteiger partial charge < -0.3 is 24.7 Å². The summed E-state index contributed by atoms with van der Waals surface area (Å²) in [6.45, 7) is 5.80. The van der Waals surface area contributed by atoms with Gasteiger partial charge in [0, 0.05) is 27.3 Å². The van der Waals surface area contributed by atoms with Gasteiger partial charge in [0.2, 0.25) is 0 Å². The van der Waals surface area contributed by atoms with Crippen LogP contribution in [-0.4, -0.2) is 54.2 Å². The number of hydrogen-bond donors (Lipinski definition) is 2. The molecule has 0 spiro atoms. The van der Waals surface area contributed by atoms with Crippen molar-refractivity contribution in [3.8, 4) is 0 Å². The summed E-state index contributed by atoms with van der Waals surface area (Å²) < 4.78 is 12.4. The van der Waals surface area contributed by atoms with Gasteiger partial charge in [-0.1, -0.05) is 30.3 Å². The van der Waals surface area contributed by atoms with Crippen LogP contribution >= 0.6 is 24.0 Å². The third-order valence-electron chi connectivity index (χ3n) is 4.05. The number of ether oxygens (including phenoxy) is 2. The normalized spacial score (nSPS) is 11.2. The maximum absolute atomic E-state index is 5.49. The van der Waals surface area contributed by atoms with Crippen molar-refractivity contribution < 1.29 is 9.47 Å². The van der Waals surface area contributed by atoms with Gasteiger partial charge in [0.05, 0.1) is 26.3 Å². The molecular weight excluding hydrogens is 471 g/mol. The van der Waals surface area contributed by atoms with E-state index in [1.54, 1.807) is 7.11 Å². The third kappa shape index (κ3) is 8.98. The SMILES string of the molecule is COCCOCCCNC(=NCc1ccccc1)NCc1nnc(C)n1C.I. The molecule has 0 saturated heterocycles. The quantitative estimate of drug-likeness (QED) is 0.212. The van der Waals surface area contributed by atoms with Crippen LogP contribution in [-0.2, 0) is 29.6 Å². The second-order valence-corrected chi connectivity index (χ2v) is 6.11. The van der Waals surface area contributed by atoms with Gasteiger partial charge in [0.25, 0.3) is 0 Å². The highest BCUT2D eigenvalue weighted by molar-refractivity contribution is 14.0. The molecule has 0 aliphatic rings. The summed E-state index contributed by atoms with van der Waals surface area (Å²) in [5, 5.41) is 14.9. The Morgan fingerprint density at radius 1 is 1.11 bits per heavy atom. The molecule has 0 unspecified atom stereocenters. The first-order valence-electron chi connectivity index (χ1n) is 9.18. The predicted molar refractivity (Wildman–Crippen MR) is 121 cm³/mol. The van der Waals surface area contributed by atoms with Crippen LogP contribution in [0.3, 0.4) is 0 Å². The molecule has 9 heteroatoms. The number of rotatable bonds is 11. The molecule has 1 aromatic heterocycles. The Labute approximate surface area is 184 Å². The fourth-order valence-corrected chi connectivity index (χ4v) is 2.32. The molecular formula is C19H31IN6O2. The van der Waals surface area contributed by atoms with Gasteiger partial charge in [-0.25, -0.2) is 4.99 Å². The molecule has 0 aliphatic heterocycles. The molecule has 8 nitrogen and oxygen atoms in total. The van der Waals surface area contributed by atoms with Crippen LogP contribution < -0.4 is 10.6 Å². The first-order valence-corrected chi connectivity index (χ1v) is 9.18. The Balaban J connectivity index is 0.00000392. The summed E-state index contributed by atoms with van der Waals surface area (Å²) in [7, 11) is 3.63. The monoisotopic (exact) mass is 502 g/mol. The van der Waals surface area contributed by atoms with E-state index in [1.807, 2.05) is 36.7 Å². The number of methoxy groups -OCH3 is 1. The van der Waals surface area contributed by atoms with Gasteiger partial charge in [-0.15, -0.1) is 34.2 Å². The molecule has 0 radical (unpaired) electrons. The average Bonchev–Trinajstić information content (AvgIpc) is 3.01. The number of hydrogen-bond acceptors (Lipinski definition) is 5. The number of aliphatic imine (C=N–C) groups is 1. The minimum Gasteiger partial charge on any atom is -0.382 e. The topological polar surface area (TPSA) is 85.6 Å². The minimum absolute atomic E-state index is 0. The largest absolute Gasteiger partial charge is 0.382 e. The van der Waals surface area contributed by atoms with Crippen LogP contribution in [0.4, 0.5) is 0 Å². The Morgan fingerprint density at radius 2 is 1.89 bits per heavy atom. The Hall–Kier alpha value is -1.72. The lowest BCUT2D eigenvalue weighted by Crippen LogP contribution is -2.38. The summed E-state index contributed by atoms with van der Waals surface area (Å²) >= 11 is 0. The molecule has 0 fully saturated rings. The van der Waals surface area contributed by atoms with Gasteiger partial charge >= 0.3 is 0 Å². The van der Waals surface area contributed by atoms with Crippen LogP contribution in [0.1, 0.15) is 23.6 Å². The number of nitrogens with zero attached hydrogens (tertiary/aromatic N) is 4. The second kappa shape index (κ2) is 14.3. The Kier molecular flexibility index (Phi) is 12.4. The van der Waals surface area contributed by atoms with Gasteiger partial charge in [-0.3, -0.25) is 0 Å². The zero-order chi connectivity index (χ0) is 19.3. The molecule has 0 saturated carbocycles. The van der Waals surface area contributed by atoms with Crippen molar-refractivity contribution in [1.82, 2.24) is 25.4 Å². The molecule has 1 heterocycles. The van der Waals surface area contributed by atoms with E-state index in [4.69, 9.17) is 9.47 Å². The fourth-order valence-electron chi connectivity index (χ4n) is 2.32. The van der Waals surface area contributed by atoms with E-state index in [2.05, 4.69) is 38.0 Å². The molecule has 156 valence electrons. The summed E-state index contributed by atoms with van der Waals surface area (Å²) in [6.07, 6.45) is 0.888. The van der Waals surface area contributed by atoms with Crippen molar-refractivity contribution in [2.75, 3.05) is 33.5 Å². The summed E-state index contributed by atoms with van der Waals surface area (Å²) in [5.41, 5.74) is 1.16. The lowest BCUT2D eigenvalue weighted by Gasteiger charge is -2.13. The van der Waals surface area contributed by atoms with E-state index in [0.29, 0.717) is 32.9 Å². The lowest BCUT2D eigenvalue weighted by molar-refractivity contribution is 0.0698. The highest BCUT2D eigenvalue weighted by Gasteiger charge is 2.06. The highest BCUT2D eigenvalue weighted by atomic mass is 127. The van der Waals surface area contributed by atoms with Gasteiger partial charge in [-0.05, 0) is 18.9 Å². The number of aryl methyl sites for hydroxylation is 1. The maximum atomic E-state index is 5.49. The first-order chi connectivity index (χ1) is 13.2. The van der Waals surface area contributed by atoms with Crippen molar-refractivity contribution in [2.24, 2.45) is 12.0 Å². The predicted octanol–water partition coefficient (Wildman–Crippen LogP) is 2.03. The molecule has 2 aromatic rings. The average molecular weight is 502 g/mol. The number of benzene rings is 1. The van der Waals surface area contributed by atoms with E-state index in [1.165, 1.54) is 0 Å². The van der Waals surface area contributed by atoms with E-state index in [-0.39, 0.29) is 24.0 Å². The van der Waals surface area contributed by atoms with E-state index in [0.717, 1.165) is 36.1 Å². The van der Waals surface area contributed by atoms with Crippen LogP contribution in [0, 0.1) is 6.92 Å². The smallest absolute Gasteiger partial charge is 0.191 e. The minimum atomic E-state index is 0. The van der Waals surface area contributed by atoms with Crippen LogP contribution in [0.5, 0.6) is 0 Å². The summed E-state index contributed by atoms with van der Waals surface area (Å²) in [4.78, 5) is 4.67. The molecule has 0 amide bonds. The number of nitrogens with one attached hydrogen (secondary N) is 2. The number of aromatic nitrogens is 3. The van der Waals surface area contributed by atoms with Crippen LogP contribution in [0.2, 0.25) is 0 Å². The highest BCUT2D eigenvalue weighted by Crippen LogP contribution is 2.01. The molecule has 2 rings (SSSR count). The van der Waals surface area contributed by atoms with Crippen LogP contribution in [0.15, 0.2) is 35.3 Å². The molecule has 0 aliphatic carbocycles. The molecule has 2 N–H and O–H groups in total. The Morgan fingerprint density at radius 3 is 2.57 bits per heavy atom. The maximum Gasteiger partial charge on any atom is 0.191 e. The number of halogens is 1. The van der Waals surface area contributed by atoms with Gasteiger partial charge in [0.1, 0.15) is 5.82 Å². The zero-order valence-electron chi connectivity index (χ0n) is 16.9. The molecule has 28 heavy (non-hydrogen) atoms. The van der Waals surface area contributed by atoms with E-state index < -0.39 is 0 Å². The van der Waals surface area contributed by atoms with Crippen molar-refractivity contribution in [3.05, 3.63) is 47.5 Å². The third-order valence-corrected chi connectivity index (χ3v) is 4.05.